The predicted octanol–water partition coefficient (Wildman–Crippen LogP) is 1.98. The number of nitrogens with one attached hydrogen (secondary N) is 1. The van der Waals surface area contributed by atoms with Crippen molar-refractivity contribution < 1.29 is 4.74 Å². The predicted molar refractivity (Wildman–Crippen MR) is 51.7 cm³/mol. The number of ether oxygens (including phenoxy) is 1. The molecule has 0 amide bonds. The summed E-state index contributed by atoms with van der Waals surface area (Å²) in [5, 5.41) is 6.22. The van der Waals surface area contributed by atoms with E-state index in [2.05, 4.69) is 17.2 Å². The van der Waals surface area contributed by atoms with E-state index in [0.717, 1.165) is 18.2 Å². The number of anilines is 1. The molecule has 0 radical (unpaired) electrons. The molecule has 1 aromatic rings. The molecule has 1 aromatic heterocycles. The highest BCUT2D eigenvalue weighted by atomic mass is 32.1. The first-order chi connectivity index (χ1) is 5.86. The summed E-state index contributed by atoms with van der Waals surface area (Å²) in [5.74, 6) is 0. The molecule has 1 N–H and O–H groups in total. The van der Waals surface area contributed by atoms with Gasteiger partial charge in [0.25, 0.3) is 0 Å². The third kappa shape index (κ3) is 2.79. The van der Waals surface area contributed by atoms with Crippen LogP contribution < -0.4 is 5.32 Å². The van der Waals surface area contributed by atoms with Gasteiger partial charge in [0.1, 0.15) is 0 Å². The Morgan fingerprint density at radius 2 is 2.58 bits per heavy atom. The van der Waals surface area contributed by atoms with Crippen molar-refractivity contribution in [2.45, 2.75) is 19.4 Å². The van der Waals surface area contributed by atoms with Gasteiger partial charge in [-0.2, -0.15) is 0 Å². The summed E-state index contributed by atoms with van der Waals surface area (Å²) in [5.41, 5.74) is 0. The Bertz CT molecular complexity index is 201. The second-order valence-corrected chi connectivity index (χ2v) is 3.44. The van der Waals surface area contributed by atoms with E-state index < -0.39 is 0 Å². The van der Waals surface area contributed by atoms with E-state index in [-0.39, 0.29) is 0 Å². The number of hydrogen-bond acceptors (Lipinski definition) is 4. The maximum atomic E-state index is 5.06. The summed E-state index contributed by atoms with van der Waals surface area (Å²) < 4.78 is 5.06. The average molecular weight is 186 g/mol. The van der Waals surface area contributed by atoms with Crippen LogP contribution in [-0.4, -0.2) is 24.7 Å². The van der Waals surface area contributed by atoms with Crippen LogP contribution in [0.2, 0.25) is 0 Å². The summed E-state index contributed by atoms with van der Waals surface area (Å²) in [6.07, 6.45) is 2.85. The summed E-state index contributed by atoms with van der Waals surface area (Å²) in [4.78, 5) is 4.14. The maximum Gasteiger partial charge on any atom is 0.182 e. The van der Waals surface area contributed by atoms with Crippen LogP contribution >= 0.6 is 11.3 Å². The van der Waals surface area contributed by atoms with Crippen LogP contribution in [-0.2, 0) is 4.74 Å². The van der Waals surface area contributed by atoms with Crippen LogP contribution in [0.4, 0.5) is 5.13 Å². The van der Waals surface area contributed by atoms with Crippen molar-refractivity contribution in [3.05, 3.63) is 11.6 Å². The molecule has 0 aliphatic carbocycles. The molecule has 3 nitrogen and oxygen atoms in total. The highest BCUT2D eigenvalue weighted by Crippen LogP contribution is 2.12. The van der Waals surface area contributed by atoms with Crippen molar-refractivity contribution in [1.29, 1.82) is 0 Å². The van der Waals surface area contributed by atoms with Gasteiger partial charge in [0, 0.05) is 18.7 Å². The summed E-state index contributed by atoms with van der Waals surface area (Å²) in [6, 6.07) is 0.376. The van der Waals surface area contributed by atoms with Crippen molar-refractivity contribution >= 4 is 16.5 Å². The zero-order valence-electron chi connectivity index (χ0n) is 7.41. The molecule has 1 atom stereocenters. The van der Waals surface area contributed by atoms with Gasteiger partial charge < -0.3 is 10.1 Å². The second-order valence-electron chi connectivity index (χ2n) is 2.54. The first-order valence-electron chi connectivity index (χ1n) is 4.01. The van der Waals surface area contributed by atoms with E-state index >= 15 is 0 Å². The number of thiazole rings is 1. The lowest BCUT2D eigenvalue weighted by Gasteiger charge is -2.14. The number of aromatic nitrogens is 1. The molecule has 0 aliphatic heterocycles. The molecule has 1 rings (SSSR count). The fraction of sp³-hybridized carbons (Fsp3) is 0.625. The SMILES string of the molecule is CCC(COC)Nc1nccs1. The van der Waals surface area contributed by atoms with E-state index in [1.807, 2.05) is 5.38 Å². The summed E-state index contributed by atoms with van der Waals surface area (Å²) in [7, 11) is 1.71. The summed E-state index contributed by atoms with van der Waals surface area (Å²) >= 11 is 1.61. The van der Waals surface area contributed by atoms with Crippen LogP contribution in [0.1, 0.15) is 13.3 Å². The average Bonchev–Trinajstić information content (AvgIpc) is 2.56. The molecule has 0 aromatic carbocycles. The van der Waals surface area contributed by atoms with E-state index in [4.69, 9.17) is 4.74 Å². The van der Waals surface area contributed by atoms with Gasteiger partial charge in [-0.05, 0) is 6.42 Å². The molecular weight excluding hydrogens is 172 g/mol. The van der Waals surface area contributed by atoms with Crippen LogP contribution in [0.5, 0.6) is 0 Å². The molecule has 68 valence electrons. The highest BCUT2D eigenvalue weighted by molar-refractivity contribution is 7.13. The second kappa shape index (κ2) is 5.11. The maximum absolute atomic E-state index is 5.06. The first kappa shape index (κ1) is 9.48. The number of nitrogens with zero attached hydrogens (tertiary/aromatic N) is 1. The molecule has 0 saturated heterocycles. The Hall–Kier alpha value is -0.610. The minimum absolute atomic E-state index is 0.376. The zero-order chi connectivity index (χ0) is 8.81. The number of methoxy groups -OCH3 is 1. The molecule has 0 saturated carbocycles. The smallest absolute Gasteiger partial charge is 0.182 e. The van der Waals surface area contributed by atoms with Crippen molar-refractivity contribution in [2.75, 3.05) is 19.0 Å². The van der Waals surface area contributed by atoms with Gasteiger partial charge in [0.05, 0.1) is 12.6 Å². The number of rotatable bonds is 5. The standard InChI is InChI=1S/C8H14N2OS/c1-3-7(6-11-2)10-8-9-4-5-12-8/h4-5,7H,3,6H2,1-2H3,(H,9,10). The third-order valence-corrected chi connectivity index (χ3v) is 2.32. The first-order valence-corrected chi connectivity index (χ1v) is 4.89. The molecular formula is C8H14N2OS. The van der Waals surface area contributed by atoms with Crippen molar-refractivity contribution in [3.63, 3.8) is 0 Å². The van der Waals surface area contributed by atoms with Gasteiger partial charge in [-0.25, -0.2) is 4.98 Å². The lowest BCUT2D eigenvalue weighted by atomic mass is 10.2. The molecule has 0 aliphatic rings. The Labute approximate surface area is 76.8 Å². The fourth-order valence-corrected chi connectivity index (χ4v) is 1.54. The molecule has 12 heavy (non-hydrogen) atoms. The highest BCUT2D eigenvalue weighted by Gasteiger charge is 2.05. The topological polar surface area (TPSA) is 34.1 Å². The van der Waals surface area contributed by atoms with Gasteiger partial charge in [0.15, 0.2) is 5.13 Å². The van der Waals surface area contributed by atoms with Crippen molar-refractivity contribution in [2.24, 2.45) is 0 Å². The van der Waals surface area contributed by atoms with Gasteiger partial charge >= 0.3 is 0 Å². The Morgan fingerprint density at radius 1 is 1.75 bits per heavy atom. The van der Waals surface area contributed by atoms with Crippen molar-refractivity contribution in [3.8, 4) is 0 Å². The van der Waals surface area contributed by atoms with Crippen LogP contribution in [0.3, 0.4) is 0 Å². The van der Waals surface area contributed by atoms with Crippen molar-refractivity contribution in [1.82, 2.24) is 4.98 Å². The Balaban J connectivity index is 2.37. The fourth-order valence-electron chi connectivity index (χ4n) is 0.932. The molecule has 0 bridgehead atoms. The normalized spacial score (nSPS) is 12.8. The largest absolute Gasteiger partial charge is 0.383 e. The molecule has 1 unspecified atom stereocenters. The van der Waals surface area contributed by atoms with E-state index in [0.29, 0.717) is 6.04 Å². The molecule has 0 spiro atoms. The number of hydrogen-bond donors (Lipinski definition) is 1. The monoisotopic (exact) mass is 186 g/mol. The molecule has 4 heteroatoms. The van der Waals surface area contributed by atoms with Crippen LogP contribution in [0.15, 0.2) is 11.6 Å². The lowest BCUT2D eigenvalue weighted by molar-refractivity contribution is 0.184. The Kier molecular flexibility index (Phi) is 4.04. The Morgan fingerprint density at radius 3 is 3.08 bits per heavy atom. The lowest BCUT2D eigenvalue weighted by Crippen LogP contribution is -2.23. The van der Waals surface area contributed by atoms with E-state index in [1.165, 1.54) is 0 Å². The minimum atomic E-state index is 0.376. The molecule has 1 heterocycles. The summed E-state index contributed by atoms with van der Waals surface area (Å²) in [6.45, 7) is 2.86. The molecule has 0 fully saturated rings. The van der Waals surface area contributed by atoms with E-state index in [9.17, 15) is 0 Å². The van der Waals surface area contributed by atoms with Crippen LogP contribution in [0.25, 0.3) is 0 Å². The van der Waals surface area contributed by atoms with Gasteiger partial charge in [-0.3, -0.25) is 0 Å². The third-order valence-electron chi connectivity index (χ3n) is 1.62. The van der Waals surface area contributed by atoms with Crippen LogP contribution in [0, 0.1) is 0 Å². The zero-order valence-corrected chi connectivity index (χ0v) is 8.23. The van der Waals surface area contributed by atoms with Gasteiger partial charge in [0.2, 0.25) is 0 Å². The van der Waals surface area contributed by atoms with Gasteiger partial charge in [-0.1, -0.05) is 6.92 Å². The van der Waals surface area contributed by atoms with E-state index in [1.54, 1.807) is 24.6 Å². The minimum Gasteiger partial charge on any atom is -0.383 e. The quantitative estimate of drug-likeness (QED) is 0.763. The van der Waals surface area contributed by atoms with Gasteiger partial charge in [-0.15, -0.1) is 11.3 Å².